The maximum Gasteiger partial charge on any atom is 0.338 e. The molecular weight excluding hydrogens is 364 g/mol. The first kappa shape index (κ1) is 17.0. The molecule has 4 rings (SSSR count). The molecule has 0 spiro atoms. The molecule has 0 unspecified atom stereocenters. The van der Waals surface area contributed by atoms with Crippen LogP contribution in [0.2, 0.25) is 0 Å². The van der Waals surface area contributed by atoms with Crippen LogP contribution in [0.15, 0.2) is 70.5 Å². The summed E-state index contributed by atoms with van der Waals surface area (Å²) >= 11 is 1.35. The summed E-state index contributed by atoms with van der Waals surface area (Å²) in [6, 6.07) is 17.4. The van der Waals surface area contributed by atoms with Crippen molar-refractivity contribution in [2.45, 2.75) is 6.61 Å². The van der Waals surface area contributed by atoms with E-state index >= 15 is 0 Å². The molecule has 0 aliphatic rings. The average molecular weight is 378 g/mol. The number of hydrogen-bond donors (Lipinski definition) is 1. The zero-order valence-electron chi connectivity index (χ0n) is 14.0. The van der Waals surface area contributed by atoms with Crippen LogP contribution in [-0.4, -0.2) is 16.9 Å². The normalized spacial score (nSPS) is 10.7. The molecule has 0 aliphatic heterocycles. The van der Waals surface area contributed by atoms with Gasteiger partial charge in [0.05, 0.1) is 10.4 Å². The summed E-state index contributed by atoms with van der Waals surface area (Å²) in [5, 5.41) is 4.59. The predicted molar refractivity (Wildman–Crippen MR) is 102 cm³/mol. The number of para-hydroxylation sites is 2. The Morgan fingerprint density at radius 3 is 2.78 bits per heavy atom. The van der Waals surface area contributed by atoms with Crippen molar-refractivity contribution in [1.82, 2.24) is 4.98 Å². The van der Waals surface area contributed by atoms with E-state index in [9.17, 15) is 9.59 Å². The minimum Gasteiger partial charge on any atom is -0.452 e. The van der Waals surface area contributed by atoms with Crippen molar-refractivity contribution in [3.05, 3.63) is 82.4 Å². The molecule has 1 N–H and O–H groups in total. The van der Waals surface area contributed by atoms with Crippen molar-refractivity contribution in [1.29, 1.82) is 0 Å². The number of ether oxygens (including phenoxy) is 1. The molecule has 4 aromatic rings. The van der Waals surface area contributed by atoms with Crippen molar-refractivity contribution in [2.24, 2.45) is 0 Å². The molecule has 2 heterocycles. The van der Waals surface area contributed by atoms with E-state index in [1.807, 2.05) is 23.6 Å². The van der Waals surface area contributed by atoms with Crippen LogP contribution < -0.4 is 5.32 Å². The number of hydrogen-bond acceptors (Lipinski definition) is 6. The number of rotatable bonds is 5. The van der Waals surface area contributed by atoms with E-state index in [4.69, 9.17) is 9.15 Å². The fraction of sp³-hybridized carbons (Fsp3) is 0.0500. The molecule has 0 bridgehead atoms. The lowest BCUT2D eigenvalue weighted by molar-refractivity contribution is 0.0440. The van der Waals surface area contributed by atoms with Crippen LogP contribution >= 0.6 is 11.3 Å². The van der Waals surface area contributed by atoms with Crippen LogP contribution in [0.4, 0.5) is 5.69 Å². The molecule has 0 saturated heterocycles. The summed E-state index contributed by atoms with van der Waals surface area (Å²) in [4.78, 5) is 29.3. The van der Waals surface area contributed by atoms with Gasteiger partial charge in [-0.25, -0.2) is 9.78 Å². The van der Waals surface area contributed by atoms with Crippen molar-refractivity contribution in [2.75, 3.05) is 5.32 Å². The van der Waals surface area contributed by atoms with Gasteiger partial charge in [-0.15, -0.1) is 11.3 Å². The average Bonchev–Trinajstić information content (AvgIpc) is 3.35. The van der Waals surface area contributed by atoms with E-state index in [1.54, 1.807) is 42.5 Å². The third-order valence-corrected chi connectivity index (χ3v) is 4.63. The molecule has 27 heavy (non-hydrogen) atoms. The fourth-order valence-electron chi connectivity index (χ4n) is 2.52. The molecule has 2 aromatic carbocycles. The number of benzene rings is 2. The Labute approximate surface area is 158 Å². The van der Waals surface area contributed by atoms with Crippen LogP contribution in [0.3, 0.4) is 0 Å². The van der Waals surface area contributed by atoms with Gasteiger partial charge in [0.25, 0.3) is 5.91 Å². The van der Waals surface area contributed by atoms with Gasteiger partial charge in [-0.2, -0.15) is 0 Å². The summed E-state index contributed by atoms with van der Waals surface area (Å²) in [7, 11) is 0. The molecule has 6 nitrogen and oxygen atoms in total. The number of esters is 1. The molecule has 0 saturated carbocycles. The van der Waals surface area contributed by atoms with Gasteiger partial charge < -0.3 is 14.5 Å². The number of carbonyl (C=O) groups is 2. The first-order valence-electron chi connectivity index (χ1n) is 8.15. The quantitative estimate of drug-likeness (QED) is 0.517. The van der Waals surface area contributed by atoms with E-state index in [0.29, 0.717) is 33.1 Å². The maximum absolute atomic E-state index is 12.3. The molecule has 0 aliphatic carbocycles. The number of nitrogens with zero attached hydrogens (tertiary/aromatic N) is 1. The van der Waals surface area contributed by atoms with Crippen molar-refractivity contribution in [3.8, 4) is 0 Å². The molecular formula is C20H14N2O4S. The van der Waals surface area contributed by atoms with E-state index < -0.39 is 5.97 Å². The predicted octanol–water partition coefficient (Wildman–Crippen LogP) is 4.50. The third kappa shape index (κ3) is 3.88. The van der Waals surface area contributed by atoms with Crippen LogP contribution in [0, 0.1) is 0 Å². The lowest BCUT2D eigenvalue weighted by Crippen LogP contribution is -2.11. The van der Waals surface area contributed by atoms with Gasteiger partial charge in [0, 0.05) is 5.69 Å². The van der Waals surface area contributed by atoms with E-state index in [1.165, 1.54) is 11.3 Å². The van der Waals surface area contributed by atoms with E-state index in [-0.39, 0.29) is 12.5 Å². The second-order valence-electron chi connectivity index (χ2n) is 5.66. The van der Waals surface area contributed by atoms with Gasteiger partial charge in [0.15, 0.2) is 12.2 Å². The monoisotopic (exact) mass is 378 g/mol. The number of nitrogens with one attached hydrogen (secondary N) is 1. The van der Waals surface area contributed by atoms with Crippen LogP contribution in [0.1, 0.15) is 25.9 Å². The number of fused-ring (bicyclic) bond motifs is 1. The van der Waals surface area contributed by atoms with Gasteiger partial charge in [0.1, 0.15) is 5.52 Å². The summed E-state index contributed by atoms with van der Waals surface area (Å²) in [6.45, 7) is -0.0701. The Bertz CT molecular complexity index is 1070. The molecule has 1 amide bonds. The van der Waals surface area contributed by atoms with Gasteiger partial charge in [-0.3, -0.25) is 4.79 Å². The number of oxazole rings is 1. The molecule has 7 heteroatoms. The van der Waals surface area contributed by atoms with Crippen LogP contribution in [0.25, 0.3) is 11.1 Å². The highest BCUT2D eigenvalue weighted by atomic mass is 32.1. The van der Waals surface area contributed by atoms with E-state index in [0.717, 1.165) is 0 Å². The Hall–Kier alpha value is -3.45. The third-order valence-electron chi connectivity index (χ3n) is 3.77. The molecule has 2 aromatic heterocycles. The molecule has 0 fully saturated rings. The lowest BCUT2D eigenvalue weighted by atomic mass is 10.2. The summed E-state index contributed by atoms with van der Waals surface area (Å²) < 4.78 is 10.8. The number of aromatic nitrogens is 1. The van der Waals surface area contributed by atoms with Crippen LogP contribution in [0.5, 0.6) is 0 Å². The maximum atomic E-state index is 12.3. The summed E-state index contributed by atoms with van der Waals surface area (Å²) in [5.41, 5.74) is 2.20. The number of amides is 1. The van der Waals surface area contributed by atoms with Crippen molar-refractivity contribution >= 4 is 40.0 Å². The Balaban J connectivity index is 1.41. The van der Waals surface area contributed by atoms with Gasteiger partial charge in [-0.1, -0.05) is 24.3 Å². The van der Waals surface area contributed by atoms with Gasteiger partial charge in [-0.05, 0) is 41.8 Å². The second-order valence-corrected chi connectivity index (χ2v) is 6.61. The fourth-order valence-corrected chi connectivity index (χ4v) is 3.14. The first-order chi connectivity index (χ1) is 13.2. The largest absolute Gasteiger partial charge is 0.452 e. The van der Waals surface area contributed by atoms with E-state index in [2.05, 4.69) is 10.3 Å². The van der Waals surface area contributed by atoms with Crippen molar-refractivity contribution in [3.63, 3.8) is 0 Å². The van der Waals surface area contributed by atoms with Crippen molar-refractivity contribution < 1.29 is 18.7 Å². The number of thiophene rings is 1. The standard InChI is InChI=1S/C20H14N2O4S/c23-19(17-9-4-10-27-17)21-14-6-3-5-13(11-14)20(24)25-12-18-22-15-7-1-2-8-16(15)26-18/h1-11H,12H2,(H,21,23). The smallest absolute Gasteiger partial charge is 0.338 e. The highest BCUT2D eigenvalue weighted by Crippen LogP contribution is 2.18. The Morgan fingerprint density at radius 1 is 1.07 bits per heavy atom. The van der Waals surface area contributed by atoms with Gasteiger partial charge >= 0.3 is 5.97 Å². The lowest BCUT2D eigenvalue weighted by Gasteiger charge is -2.06. The molecule has 0 atom stereocenters. The minimum atomic E-state index is -0.524. The Morgan fingerprint density at radius 2 is 1.96 bits per heavy atom. The summed E-state index contributed by atoms with van der Waals surface area (Å²) in [6.07, 6.45) is 0. The van der Waals surface area contributed by atoms with Crippen LogP contribution in [-0.2, 0) is 11.3 Å². The summed E-state index contributed by atoms with van der Waals surface area (Å²) in [5.74, 6) is -0.418. The second kappa shape index (κ2) is 7.43. The zero-order chi connectivity index (χ0) is 18.6. The molecule has 0 radical (unpaired) electrons. The van der Waals surface area contributed by atoms with Gasteiger partial charge in [0.2, 0.25) is 5.89 Å². The Kier molecular flexibility index (Phi) is 4.67. The molecule has 134 valence electrons. The SMILES string of the molecule is O=C(OCc1nc2ccccc2o1)c1cccc(NC(=O)c2cccs2)c1. The zero-order valence-corrected chi connectivity index (χ0v) is 14.9. The highest BCUT2D eigenvalue weighted by Gasteiger charge is 2.13. The minimum absolute atomic E-state index is 0.0701. The number of carbonyl (C=O) groups excluding carboxylic acids is 2. The topological polar surface area (TPSA) is 81.4 Å². The highest BCUT2D eigenvalue weighted by molar-refractivity contribution is 7.12. The first-order valence-corrected chi connectivity index (χ1v) is 9.03. The number of anilines is 1.